The summed E-state index contributed by atoms with van der Waals surface area (Å²) in [5.74, 6) is -1.49. The Hall–Kier alpha value is -2.76. The Morgan fingerprint density at radius 3 is 2.63 bits per heavy atom. The van der Waals surface area contributed by atoms with Gasteiger partial charge in [-0.2, -0.15) is 5.10 Å². The van der Waals surface area contributed by atoms with Crippen molar-refractivity contribution in [2.45, 2.75) is 0 Å². The molecule has 2 heterocycles. The molecule has 3 rings (SSSR count). The third-order valence-corrected chi connectivity index (χ3v) is 2.72. The highest BCUT2D eigenvalue weighted by atomic mass is 19.1. The first kappa shape index (κ1) is 11.3. The van der Waals surface area contributed by atoms with Gasteiger partial charge in [0.1, 0.15) is 5.82 Å². The molecule has 94 valence electrons. The minimum atomic E-state index is -1.13. The first-order valence-corrected chi connectivity index (χ1v) is 5.50. The predicted octanol–water partition coefficient (Wildman–Crippen LogP) is 2.26. The Balaban J connectivity index is 2.29. The van der Waals surface area contributed by atoms with E-state index >= 15 is 0 Å². The van der Waals surface area contributed by atoms with Crippen molar-refractivity contribution in [1.82, 2.24) is 14.8 Å². The molecular formula is C13H8FN3O2. The predicted molar refractivity (Wildman–Crippen MR) is 65.8 cm³/mol. The summed E-state index contributed by atoms with van der Waals surface area (Å²) in [4.78, 5) is 15.3. The molecule has 0 aliphatic rings. The third-order valence-electron chi connectivity index (χ3n) is 2.72. The Morgan fingerprint density at radius 2 is 1.95 bits per heavy atom. The van der Waals surface area contributed by atoms with Crippen LogP contribution in [0.4, 0.5) is 4.39 Å². The normalized spacial score (nSPS) is 10.8. The number of halogens is 1. The van der Waals surface area contributed by atoms with E-state index in [0.717, 1.165) is 0 Å². The molecule has 0 fully saturated rings. The lowest BCUT2D eigenvalue weighted by Gasteiger charge is -2.01. The number of rotatable bonds is 2. The quantitative estimate of drug-likeness (QED) is 0.764. The summed E-state index contributed by atoms with van der Waals surface area (Å²) in [5, 5.41) is 13.6. The summed E-state index contributed by atoms with van der Waals surface area (Å²) in [6.45, 7) is 0. The van der Waals surface area contributed by atoms with Crippen LogP contribution in [0.3, 0.4) is 0 Å². The van der Waals surface area contributed by atoms with Gasteiger partial charge in [0.25, 0.3) is 0 Å². The van der Waals surface area contributed by atoms with Gasteiger partial charge in [-0.1, -0.05) is 0 Å². The van der Waals surface area contributed by atoms with Gasteiger partial charge in [-0.05, 0) is 36.4 Å². The molecule has 0 amide bonds. The molecule has 0 bridgehead atoms. The van der Waals surface area contributed by atoms with Crippen molar-refractivity contribution < 1.29 is 14.3 Å². The molecule has 0 atom stereocenters. The molecule has 0 saturated carbocycles. The maximum atomic E-state index is 12.9. The third kappa shape index (κ3) is 1.83. The van der Waals surface area contributed by atoms with E-state index in [1.165, 1.54) is 28.9 Å². The lowest BCUT2D eigenvalue weighted by molar-refractivity contribution is 0.0692. The van der Waals surface area contributed by atoms with Crippen molar-refractivity contribution in [3.05, 3.63) is 54.1 Å². The fraction of sp³-hybridized carbons (Fsp3) is 0. The standard InChI is InChI=1S/C13H8FN3O2/c14-8-3-5-9(6-4-8)17-12-10(2-1-7-15-12)11(16-17)13(18)19/h1-7H,(H,18,19). The van der Waals surface area contributed by atoms with Crippen LogP contribution in [0.2, 0.25) is 0 Å². The summed E-state index contributed by atoms with van der Waals surface area (Å²) < 4.78 is 14.3. The lowest BCUT2D eigenvalue weighted by Crippen LogP contribution is -2.01. The van der Waals surface area contributed by atoms with Gasteiger partial charge in [-0.3, -0.25) is 0 Å². The Kier molecular flexibility index (Phi) is 2.49. The molecule has 0 aliphatic heterocycles. The van der Waals surface area contributed by atoms with E-state index in [1.54, 1.807) is 18.3 Å². The molecule has 2 aromatic heterocycles. The highest BCUT2D eigenvalue weighted by Crippen LogP contribution is 2.20. The molecule has 0 unspecified atom stereocenters. The second kappa shape index (κ2) is 4.16. The van der Waals surface area contributed by atoms with Gasteiger partial charge < -0.3 is 5.11 Å². The van der Waals surface area contributed by atoms with Crippen LogP contribution in [-0.2, 0) is 0 Å². The van der Waals surface area contributed by atoms with E-state index < -0.39 is 5.97 Å². The molecule has 0 aliphatic carbocycles. The van der Waals surface area contributed by atoms with Gasteiger partial charge in [0.2, 0.25) is 0 Å². The number of benzene rings is 1. The maximum absolute atomic E-state index is 12.9. The van der Waals surface area contributed by atoms with Gasteiger partial charge in [-0.15, -0.1) is 0 Å². The molecular weight excluding hydrogens is 249 g/mol. The number of aromatic carboxylic acids is 1. The number of pyridine rings is 1. The SMILES string of the molecule is O=C(O)c1nn(-c2ccc(F)cc2)c2ncccc12. The fourth-order valence-electron chi connectivity index (χ4n) is 1.87. The molecule has 1 N–H and O–H groups in total. The number of nitrogens with zero attached hydrogens (tertiary/aromatic N) is 3. The topological polar surface area (TPSA) is 68.0 Å². The maximum Gasteiger partial charge on any atom is 0.357 e. The monoisotopic (exact) mass is 257 g/mol. The molecule has 1 aromatic carbocycles. The summed E-state index contributed by atoms with van der Waals surface area (Å²) in [5.41, 5.74) is 0.900. The second-order valence-corrected chi connectivity index (χ2v) is 3.92. The molecule has 5 nitrogen and oxygen atoms in total. The minimum Gasteiger partial charge on any atom is -0.476 e. The molecule has 0 saturated heterocycles. The number of carbonyl (C=O) groups is 1. The van der Waals surface area contributed by atoms with Gasteiger partial charge in [-0.25, -0.2) is 18.9 Å². The highest BCUT2D eigenvalue weighted by molar-refractivity contribution is 6.00. The lowest BCUT2D eigenvalue weighted by atomic mass is 10.2. The van der Waals surface area contributed by atoms with Crippen LogP contribution in [0.5, 0.6) is 0 Å². The summed E-state index contributed by atoms with van der Waals surface area (Å²) in [6.07, 6.45) is 1.55. The van der Waals surface area contributed by atoms with Gasteiger partial charge in [0, 0.05) is 6.20 Å². The van der Waals surface area contributed by atoms with Crippen LogP contribution >= 0.6 is 0 Å². The average Bonchev–Trinajstić information content (AvgIpc) is 2.79. The highest BCUT2D eigenvalue weighted by Gasteiger charge is 2.17. The van der Waals surface area contributed by atoms with Gasteiger partial charge in [0.15, 0.2) is 11.3 Å². The first-order valence-electron chi connectivity index (χ1n) is 5.50. The van der Waals surface area contributed by atoms with Crippen LogP contribution < -0.4 is 0 Å². The van der Waals surface area contributed by atoms with Crippen molar-refractivity contribution in [3.8, 4) is 5.69 Å². The number of fused-ring (bicyclic) bond motifs is 1. The number of hydrogen-bond acceptors (Lipinski definition) is 3. The molecule has 6 heteroatoms. The smallest absolute Gasteiger partial charge is 0.357 e. The van der Waals surface area contributed by atoms with Gasteiger partial charge in [0.05, 0.1) is 11.1 Å². The van der Waals surface area contributed by atoms with Crippen LogP contribution in [0, 0.1) is 5.82 Å². The Morgan fingerprint density at radius 1 is 1.21 bits per heavy atom. The van der Waals surface area contributed by atoms with E-state index in [9.17, 15) is 9.18 Å². The van der Waals surface area contributed by atoms with Crippen LogP contribution in [0.1, 0.15) is 10.5 Å². The number of carboxylic acids is 1. The van der Waals surface area contributed by atoms with E-state index in [0.29, 0.717) is 16.7 Å². The molecule has 3 aromatic rings. The van der Waals surface area contributed by atoms with Crippen molar-refractivity contribution in [2.24, 2.45) is 0 Å². The average molecular weight is 257 g/mol. The zero-order chi connectivity index (χ0) is 13.4. The van der Waals surface area contributed by atoms with Crippen molar-refractivity contribution in [2.75, 3.05) is 0 Å². The fourth-order valence-corrected chi connectivity index (χ4v) is 1.87. The Labute approximate surface area is 106 Å². The van der Waals surface area contributed by atoms with E-state index in [-0.39, 0.29) is 11.5 Å². The number of carboxylic acid groups (broad SMARTS) is 1. The Bertz CT molecular complexity index is 765. The number of hydrogen-bond donors (Lipinski definition) is 1. The van der Waals surface area contributed by atoms with E-state index in [2.05, 4.69) is 10.1 Å². The van der Waals surface area contributed by atoms with Crippen molar-refractivity contribution >= 4 is 17.0 Å². The molecule has 0 radical (unpaired) electrons. The van der Waals surface area contributed by atoms with Crippen LogP contribution in [0.25, 0.3) is 16.7 Å². The van der Waals surface area contributed by atoms with E-state index in [4.69, 9.17) is 5.11 Å². The van der Waals surface area contributed by atoms with Crippen molar-refractivity contribution in [3.63, 3.8) is 0 Å². The van der Waals surface area contributed by atoms with Crippen LogP contribution in [-0.4, -0.2) is 25.8 Å². The van der Waals surface area contributed by atoms with Crippen molar-refractivity contribution in [1.29, 1.82) is 0 Å². The first-order chi connectivity index (χ1) is 9.16. The molecule has 0 spiro atoms. The van der Waals surface area contributed by atoms with Crippen LogP contribution in [0.15, 0.2) is 42.6 Å². The molecule has 19 heavy (non-hydrogen) atoms. The second-order valence-electron chi connectivity index (χ2n) is 3.92. The van der Waals surface area contributed by atoms with Gasteiger partial charge >= 0.3 is 5.97 Å². The summed E-state index contributed by atoms with van der Waals surface area (Å²) in [6, 6.07) is 8.88. The zero-order valence-corrected chi connectivity index (χ0v) is 9.62. The minimum absolute atomic E-state index is 0.0765. The zero-order valence-electron chi connectivity index (χ0n) is 9.62. The summed E-state index contributed by atoms with van der Waals surface area (Å²) in [7, 11) is 0. The summed E-state index contributed by atoms with van der Waals surface area (Å²) >= 11 is 0. The number of aromatic nitrogens is 3. The largest absolute Gasteiger partial charge is 0.476 e. The van der Waals surface area contributed by atoms with E-state index in [1.807, 2.05) is 0 Å².